The third kappa shape index (κ3) is 3.06. The molecular formula is C19H18ClNO3S. The molecule has 1 saturated carbocycles. The Bertz CT molecular complexity index is 908. The van der Waals surface area contributed by atoms with Gasteiger partial charge in [0.2, 0.25) is 0 Å². The molecule has 3 atom stereocenters. The minimum absolute atomic E-state index is 0.0773. The average molecular weight is 376 g/mol. The first-order chi connectivity index (χ1) is 12.0. The maximum absolute atomic E-state index is 13.2. The number of sulfone groups is 1. The summed E-state index contributed by atoms with van der Waals surface area (Å²) in [7, 11) is -3.67. The molecule has 130 valence electrons. The first kappa shape index (κ1) is 17.9. The zero-order chi connectivity index (χ0) is 18.1. The molecule has 0 heterocycles. The first-order valence-electron chi connectivity index (χ1n) is 8.01. The van der Waals surface area contributed by atoms with E-state index in [0.717, 1.165) is 5.56 Å². The lowest BCUT2D eigenvalue weighted by Gasteiger charge is -2.09. The molecule has 0 unspecified atom stereocenters. The van der Waals surface area contributed by atoms with E-state index >= 15 is 0 Å². The molecule has 0 spiro atoms. The van der Waals surface area contributed by atoms with E-state index in [0.29, 0.717) is 11.6 Å². The van der Waals surface area contributed by atoms with Crippen LogP contribution in [0.1, 0.15) is 18.4 Å². The van der Waals surface area contributed by atoms with E-state index in [1.807, 2.05) is 13.0 Å². The summed E-state index contributed by atoms with van der Waals surface area (Å²) >= 11 is 6.07. The van der Waals surface area contributed by atoms with Crippen LogP contribution in [0.5, 0.6) is 0 Å². The van der Waals surface area contributed by atoms with Crippen molar-refractivity contribution >= 4 is 21.4 Å². The fraction of sp³-hybridized carbons (Fsp3) is 0.316. The molecule has 1 aliphatic rings. The van der Waals surface area contributed by atoms with Crippen LogP contribution in [0.4, 0.5) is 0 Å². The molecule has 1 fully saturated rings. The van der Waals surface area contributed by atoms with Gasteiger partial charge in [-0.15, -0.1) is 0 Å². The van der Waals surface area contributed by atoms with Gasteiger partial charge in [-0.25, -0.2) is 8.42 Å². The van der Waals surface area contributed by atoms with Crippen molar-refractivity contribution in [3.05, 3.63) is 65.2 Å². The van der Waals surface area contributed by atoms with Gasteiger partial charge in [0.1, 0.15) is 5.41 Å². The maximum atomic E-state index is 13.2. The topological polar surface area (TPSA) is 67.2 Å². The molecule has 6 heteroatoms. The van der Waals surface area contributed by atoms with Crippen molar-refractivity contribution in [1.82, 2.24) is 0 Å². The van der Waals surface area contributed by atoms with Crippen LogP contribution in [0.15, 0.2) is 59.5 Å². The number of hydrogen-bond acceptors (Lipinski definition) is 4. The molecular weight excluding hydrogens is 358 g/mol. The average Bonchev–Trinajstić information content (AvgIpc) is 3.31. The molecule has 0 radical (unpaired) electrons. The molecule has 0 saturated heterocycles. The zero-order valence-electron chi connectivity index (χ0n) is 13.7. The van der Waals surface area contributed by atoms with Crippen LogP contribution in [-0.4, -0.2) is 26.9 Å². The Labute approximate surface area is 152 Å². The standard InChI is InChI=1S/C19H18ClNO3S/c1-2-24-13-19(12-21)17(14-7-6-8-15(20)11-14)18(19)25(22,23)16-9-4-3-5-10-16/h3-11,17-18H,2,13H2,1H3/t17-,18+,19-/m1/s1. The molecule has 0 aromatic heterocycles. The quantitative estimate of drug-likeness (QED) is 0.769. The normalized spacial score (nSPS) is 25.3. The van der Waals surface area contributed by atoms with Crippen molar-refractivity contribution in [2.45, 2.75) is 23.0 Å². The fourth-order valence-corrected chi connectivity index (χ4v) is 5.93. The third-order valence-electron chi connectivity index (χ3n) is 4.62. The molecule has 1 aliphatic carbocycles. The van der Waals surface area contributed by atoms with Gasteiger partial charge in [0.05, 0.1) is 22.8 Å². The van der Waals surface area contributed by atoms with Crippen molar-refractivity contribution in [3.63, 3.8) is 0 Å². The van der Waals surface area contributed by atoms with Crippen LogP contribution in [0.3, 0.4) is 0 Å². The van der Waals surface area contributed by atoms with Gasteiger partial charge in [-0.2, -0.15) is 5.26 Å². The Balaban J connectivity index is 2.08. The number of ether oxygens (including phenoxy) is 1. The fourth-order valence-electron chi connectivity index (χ4n) is 3.40. The van der Waals surface area contributed by atoms with Crippen LogP contribution in [0.25, 0.3) is 0 Å². The summed E-state index contributed by atoms with van der Waals surface area (Å²) in [6.07, 6.45) is 0. The second kappa shape index (κ2) is 6.80. The lowest BCUT2D eigenvalue weighted by Crippen LogP contribution is -2.19. The molecule has 2 aromatic carbocycles. The minimum atomic E-state index is -3.67. The van der Waals surface area contributed by atoms with Crippen molar-refractivity contribution < 1.29 is 13.2 Å². The van der Waals surface area contributed by atoms with Crippen LogP contribution >= 0.6 is 11.6 Å². The zero-order valence-corrected chi connectivity index (χ0v) is 15.3. The first-order valence-corrected chi connectivity index (χ1v) is 9.93. The molecule has 3 rings (SSSR count). The summed E-state index contributed by atoms with van der Waals surface area (Å²) < 4.78 is 31.8. The summed E-state index contributed by atoms with van der Waals surface area (Å²) in [5.74, 6) is -0.465. The summed E-state index contributed by atoms with van der Waals surface area (Å²) in [6, 6.07) is 17.5. The lowest BCUT2D eigenvalue weighted by atomic mass is 10.0. The number of halogens is 1. The predicted octanol–water partition coefficient (Wildman–Crippen LogP) is 3.83. The lowest BCUT2D eigenvalue weighted by molar-refractivity contribution is 0.117. The van der Waals surface area contributed by atoms with Crippen LogP contribution < -0.4 is 0 Å². The summed E-state index contributed by atoms with van der Waals surface area (Å²) in [5, 5.41) is 9.50. The van der Waals surface area contributed by atoms with Gasteiger partial charge in [-0.3, -0.25) is 0 Å². The molecule has 4 nitrogen and oxygen atoms in total. The van der Waals surface area contributed by atoms with Crippen LogP contribution in [0.2, 0.25) is 5.02 Å². The van der Waals surface area contributed by atoms with Crippen LogP contribution in [-0.2, 0) is 14.6 Å². The Kier molecular flexibility index (Phi) is 4.88. The van der Waals surface area contributed by atoms with Crippen molar-refractivity contribution in [2.24, 2.45) is 5.41 Å². The van der Waals surface area contributed by atoms with E-state index in [1.165, 1.54) is 0 Å². The maximum Gasteiger partial charge on any atom is 0.183 e. The van der Waals surface area contributed by atoms with Gasteiger partial charge in [0.15, 0.2) is 9.84 Å². The van der Waals surface area contributed by atoms with E-state index in [4.69, 9.17) is 16.3 Å². The van der Waals surface area contributed by atoms with Crippen molar-refractivity contribution in [3.8, 4) is 6.07 Å². The SMILES string of the molecule is CCOC[C@]1(C#N)[C@H](c2cccc(Cl)c2)[C@@H]1S(=O)(=O)c1ccccc1. The smallest absolute Gasteiger partial charge is 0.183 e. The number of hydrogen-bond donors (Lipinski definition) is 0. The Morgan fingerprint density at radius 1 is 1.20 bits per heavy atom. The Hall–Kier alpha value is -1.87. The highest BCUT2D eigenvalue weighted by Crippen LogP contribution is 2.64. The van der Waals surface area contributed by atoms with Gasteiger partial charge >= 0.3 is 0 Å². The van der Waals surface area contributed by atoms with Gasteiger partial charge in [0, 0.05) is 17.5 Å². The molecule has 0 N–H and O–H groups in total. The largest absolute Gasteiger partial charge is 0.380 e. The molecule has 0 bridgehead atoms. The summed E-state index contributed by atoms with van der Waals surface area (Å²) in [5.41, 5.74) is -0.353. The predicted molar refractivity (Wildman–Crippen MR) is 96.1 cm³/mol. The minimum Gasteiger partial charge on any atom is -0.380 e. The van der Waals surface area contributed by atoms with Crippen molar-refractivity contribution in [2.75, 3.05) is 13.2 Å². The van der Waals surface area contributed by atoms with E-state index in [2.05, 4.69) is 6.07 Å². The summed E-state index contributed by atoms with van der Waals surface area (Å²) in [4.78, 5) is 0.223. The highest BCUT2D eigenvalue weighted by atomic mass is 35.5. The number of rotatable bonds is 6. The molecule has 0 aliphatic heterocycles. The second-order valence-corrected chi connectivity index (χ2v) is 8.61. The van der Waals surface area contributed by atoms with Crippen LogP contribution in [0, 0.1) is 16.7 Å². The van der Waals surface area contributed by atoms with E-state index in [-0.39, 0.29) is 11.5 Å². The van der Waals surface area contributed by atoms with E-state index in [1.54, 1.807) is 48.5 Å². The Morgan fingerprint density at radius 3 is 2.52 bits per heavy atom. The molecule has 0 amide bonds. The monoisotopic (exact) mass is 375 g/mol. The van der Waals surface area contributed by atoms with Gasteiger partial charge in [0.25, 0.3) is 0 Å². The highest BCUT2D eigenvalue weighted by molar-refractivity contribution is 7.92. The van der Waals surface area contributed by atoms with E-state index < -0.39 is 26.4 Å². The number of nitriles is 1. The van der Waals surface area contributed by atoms with Crippen molar-refractivity contribution in [1.29, 1.82) is 5.26 Å². The van der Waals surface area contributed by atoms with Gasteiger partial charge < -0.3 is 4.74 Å². The number of benzene rings is 2. The summed E-state index contributed by atoms with van der Waals surface area (Å²) in [6.45, 7) is 2.32. The Morgan fingerprint density at radius 2 is 1.92 bits per heavy atom. The van der Waals surface area contributed by atoms with E-state index in [9.17, 15) is 13.7 Å². The molecule has 2 aromatic rings. The molecule has 25 heavy (non-hydrogen) atoms. The highest BCUT2D eigenvalue weighted by Gasteiger charge is 2.72. The third-order valence-corrected chi connectivity index (χ3v) is 7.15. The van der Waals surface area contributed by atoms with Gasteiger partial charge in [-0.05, 0) is 36.8 Å². The van der Waals surface area contributed by atoms with Gasteiger partial charge in [-0.1, -0.05) is 41.9 Å². The number of nitrogens with zero attached hydrogens (tertiary/aromatic N) is 1. The second-order valence-electron chi connectivity index (χ2n) is 6.10.